The first-order valence-corrected chi connectivity index (χ1v) is 6.56. The summed E-state index contributed by atoms with van der Waals surface area (Å²) in [5, 5.41) is 11.4. The van der Waals surface area contributed by atoms with Gasteiger partial charge in [0.15, 0.2) is 0 Å². The van der Waals surface area contributed by atoms with Crippen LogP contribution in [0.2, 0.25) is 0 Å². The molecular weight excluding hydrogens is 214 g/mol. The maximum Gasteiger partial charge on any atom is 0.0692 e. The van der Waals surface area contributed by atoms with Crippen LogP contribution in [0.3, 0.4) is 0 Å². The average Bonchev–Trinajstić information content (AvgIpc) is 2.89. The lowest BCUT2D eigenvalue weighted by Gasteiger charge is -2.18. The Morgan fingerprint density at radius 3 is 3.00 bits per heavy atom. The van der Waals surface area contributed by atoms with Gasteiger partial charge in [-0.3, -0.25) is 4.68 Å². The van der Waals surface area contributed by atoms with Crippen molar-refractivity contribution >= 4 is 0 Å². The number of rotatable bonds is 6. The summed E-state index contributed by atoms with van der Waals surface area (Å²) >= 11 is 0. The molecule has 17 heavy (non-hydrogen) atoms. The van der Waals surface area contributed by atoms with Crippen molar-refractivity contribution in [3.63, 3.8) is 0 Å². The molecule has 1 fully saturated rings. The SMILES string of the molecule is CC(C)NC1CCN(CCCn2ccnn2)C1. The van der Waals surface area contributed by atoms with Crippen LogP contribution in [0.5, 0.6) is 0 Å². The topological polar surface area (TPSA) is 46.0 Å². The van der Waals surface area contributed by atoms with Crippen LogP contribution >= 0.6 is 0 Å². The fraction of sp³-hybridized carbons (Fsp3) is 0.833. The molecule has 1 unspecified atom stereocenters. The van der Waals surface area contributed by atoms with E-state index in [-0.39, 0.29) is 0 Å². The Kier molecular flexibility index (Phi) is 4.50. The van der Waals surface area contributed by atoms with E-state index in [9.17, 15) is 0 Å². The Hall–Kier alpha value is -0.940. The smallest absolute Gasteiger partial charge is 0.0692 e. The number of aryl methyl sites for hydroxylation is 1. The molecule has 1 aromatic rings. The summed E-state index contributed by atoms with van der Waals surface area (Å²) in [6.07, 6.45) is 6.09. The van der Waals surface area contributed by atoms with Gasteiger partial charge >= 0.3 is 0 Å². The van der Waals surface area contributed by atoms with Crippen LogP contribution in [-0.2, 0) is 6.54 Å². The fourth-order valence-electron chi connectivity index (χ4n) is 2.45. The molecule has 0 saturated carbocycles. The molecule has 0 amide bonds. The molecule has 1 saturated heterocycles. The molecule has 0 radical (unpaired) electrons. The summed E-state index contributed by atoms with van der Waals surface area (Å²) in [4.78, 5) is 2.54. The maximum absolute atomic E-state index is 3.97. The third-order valence-corrected chi connectivity index (χ3v) is 3.17. The first kappa shape index (κ1) is 12.5. The highest BCUT2D eigenvalue weighted by molar-refractivity contribution is 4.81. The van der Waals surface area contributed by atoms with E-state index < -0.39 is 0 Å². The molecule has 0 aliphatic carbocycles. The van der Waals surface area contributed by atoms with Crippen LogP contribution in [0.25, 0.3) is 0 Å². The standard InChI is InChI=1S/C12H23N5/c1-11(2)14-12-4-8-16(10-12)6-3-7-17-9-5-13-15-17/h5,9,11-12,14H,3-4,6-8,10H2,1-2H3. The molecule has 2 heterocycles. The van der Waals surface area contributed by atoms with Crippen molar-refractivity contribution in [3.05, 3.63) is 12.4 Å². The lowest BCUT2D eigenvalue weighted by atomic mass is 10.2. The minimum Gasteiger partial charge on any atom is -0.310 e. The van der Waals surface area contributed by atoms with Gasteiger partial charge in [0, 0.05) is 31.4 Å². The third-order valence-electron chi connectivity index (χ3n) is 3.17. The number of aromatic nitrogens is 3. The number of nitrogens with one attached hydrogen (secondary N) is 1. The van der Waals surface area contributed by atoms with E-state index in [2.05, 4.69) is 34.4 Å². The van der Waals surface area contributed by atoms with Gasteiger partial charge in [-0.15, -0.1) is 5.10 Å². The second-order valence-corrected chi connectivity index (χ2v) is 5.13. The Morgan fingerprint density at radius 2 is 2.29 bits per heavy atom. The molecule has 1 aliphatic rings. The van der Waals surface area contributed by atoms with Gasteiger partial charge in [-0.05, 0) is 25.9 Å². The molecule has 0 aromatic carbocycles. The molecular formula is C12H23N5. The maximum atomic E-state index is 3.97. The van der Waals surface area contributed by atoms with Gasteiger partial charge in [0.1, 0.15) is 0 Å². The van der Waals surface area contributed by atoms with Gasteiger partial charge in [0.2, 0.25) is 0 Å². The zero-order valence-corrected chi connectivity index (χ0v) is 10.8. The molecule has 5 nitrogen and oxygen atoms in total. The zero-order chi connectivity index (χ0) is 12.1. The highest BCUT2D eigenvalue weighted by atomic mass is 15.4. The van der Waals surface area contributed by atoms with E-state index in [0.717, 1.165) is 19.5 Å². The Balaban J connectivity index is 1.61. The second kappa shape index (κ2) is 6.12. The molecule has 1 aliphatic heterocycles. The molecule has 1 N–H and O–H groups in total. The highest BCUT2D eigenvalue weighted by Crippen LogP contribution is 2.10. The van der Waals surface area contributed by atoms with Crippen LogP contribution < -0.4 is 5.32 Å². The van der Waals surface area contributed by atoms with E-state index >= 15 is 0 Å². The number of hydrogen-bond donors (Lipinski definition) is 1. The molecule has 1 aromatic heterocycles. The molecule has 96 valence electrons. The largest absolute Gasteiger partial charge is 0.310 e. The average molecular weight is 237 g/mol. The van der Waals surface area contributed by atoms with Crippen LogP contribution in [0.15, 0.2) is 12.4 Å². The van der Waals surface area contributed by atoms with Crippen molar-refractivity contribution in [1.29, 1.82) is 0 Å². The van der Waals surface area contributed by atoms with Gasteiger partial charge in [-0.25, -0.2) is 0 Å². The Morgan fingerprint density at radius 1 is 1.41 bits per heavy atom. The second-order valence-electron chi connectivity index (χ2n) is 5.13. The Bertz CT molecular complexity index is 309. The predicted molar refractivity (Wildman–Crippen MR) is 67.8 cm³/mol. The minimum atomic E-state index is 0.593. The lowest BCUT2D eigenvalue weighted by molar-refractivity contribution is 0.309. The summed E-state index contributed by atoms with van der Waals surface area (Å²) in [5.41, 5.74) is 0. The van der Waals surface area contributed by atoms with Crippen molar-refractivity contribution in [2.75, 3.05) is 19.6 Å². The van der Waals surface area contributed by atoms with Gasteiger partial charge in [0.05, 0.1) is 6.20 Å². The summed E-state index contributed by atoms with van der Waals surface area (Å²) in [5.74, 6) is 0. The summed E-state index contributed by atoms with van der Waals surface area (Å²) < 4.78 is 1.90. The molecule has 0 spiro atoms. The summed E-state index contributed by atoms with van der Waals surface area (Å²) in [7, 11) is 0. The van der Waals surface area contributed by atoms with E-state index in [4.69, 9.17) is 0 Å². The van der Waals surface area contributed by atoms with E-state index in [1.54, 1.807) is 6.20 Å². The molecule has 5 heteroatoms. The molecule has 2 rings (SSSR count). The Labute approximate surface area is 103 Å². The first-order valence-electron chi connectivity index (χ1n) is 6.56. The van der Waals surface area contributed by atoms with Crippen molar-refractivity contribution in [1.82, 2.24) is 25.2 Å². The van der Waals surface area contributed by atoms with Crippen molar-refractivity contribution in [3.8, 4) is 0 Å². The number of likely N-dealkylation sites (tertiary alicyclic amines) is 1. The quantitative estimate of drug-likeness (QED) is 0.793. The van der Waals surface area contributed by atoms with E-state index in [1.165, 1.54) is 19.5 Å². The number of nitrogens with zero attached hydrogens (tertiary/aromatic N) is 4. The number of hydrogen-bond acceptors (Lipinski definition) is 4. The lowest BCUT2D eigenvalue weighted by Crippen LogP contribution is -2.37. The van der Waals surface area contributed by atoms with Crippen molar-refractivity contribution in [2.45, 2.75) is 45.3 Å². The summed E-state index contributed by atoms with van der Waals surface area (Å²) in [6.45, 7) is 8.98. The van der Waals surface area contributed by atoms with Gasteiger partial charge in [0.25, 0.3) is 0 Å². The minimum absolute atomic E-state index is 0.593. The zero-order valence-electron chi connectivity index (χ0n) is 10.8. The molecule has 1 atom stereocenters. The normalized spacial score (nSPS) is 21.5. The van der Waals surface area contributed by atoms with Gasteiger partial charge < -0.3 is 10.2 Å². The highest BCUT2D eigenvalue weighted by Gasteiger charge is 2.21. The van der Waals surface area contributed by atoms with Crippen LogP contribution in [0.1, 0.15) is 26.7 Å². The monoisotopic (exact) mass is 237 g/mol. The van der Waals surface area contributed by atoms with Crippen LogP contribution in [0, 0.1) is 0 Å². The van der Waals surface area contributed by atoms with E-state index in [0.29, 0.717) is 12.1 Å². The van der Waals surface area contributed by atoms with Gasteiger partial charge in [-0.1, -0.05) is 19.1 Å². The van der Waals surface area contributed by atoms with Gasteiger partial charge in [-0.2, -0.15) is 0 Å². The van der Waals surface area contributed by atoms with Crippen LogP contribution in [-0.4, -0.2) is 51.6 Å². The summed E-state index contributed by atoms with van der Waals surface area (Å²) in [6, 6.07) is 1.27. The fourth-order valence-corrected chi connectivity index (χ4v) is 2.45. The predicted octanol–water partition coefficient (Wildman–Crippen LogP) is 0.740. The first-order chi connectivity index (χ1) is 8.24. The third kappa shape index (κ3) is 4.09. The van der Waals surface area contributed by atoms with Crippen LogP contribution in [0.4, 0.5) is 0 Å². The van der Waals surface area contributed by atoms with E-state index in [1.807, 2.05) is 10.9 Å². The molecule has 0 bridgehead atoms. The van der Waals surface area contributed by atoms with Crippen molar-refractivity contribution < 1.29 is 0 Å². The van der Waals surface area contributed by atoms with Crippen molar-refractivity contribution in [2.24, 2.45) is 0 Å².